The summed E-state index contributed by atoms with van der Waals surface area (Å²) in [6, 6.07) is 0. The van der Waals surface area contributed by atoms with Crippen molar-refractivity contribution in [2.75, 3.05) is 12.9 Å². The summed E-state index contributed by atoms with van der Waals surface area (Å²) in [5.41, 5.74) is 1.07. The molecule has 28 heavy (non-hydrogen) atoms. The van der Waals surface area contributed by atoms with Crippen LogP contribution in [0.25, 0.3) is 0 Å². The molecule has 4 aliphatic carbocycles. The van der Waals surface area contributed by atoms with Crippen LogP contribution in [0.2, 0.25) is 0 Å². The summed E-state index contributed by atoms with van der Waals surface area (Å²) in [5, 5.41) is 0. The number of fused-ring (bicyclic) bond motifs is 5. The summed E-state index contributed by atoms with van der Waals surface area (Å²) in [6.07, 6.45) is 9.10. The lowest BCUT2D eigenvalue weighted by atomic mass is 9.44. The highest BCUT2D eigenvalue weighted by molar-refractivity contribution is 7.81. The maximum atomic E-state index is 12.9. The molecule has 4 aliphatic rings. The van der Waals surface area contributed by atoms with Gasteiger partial charge in [-0.05, 0) is 78.8 Å². The van der Waals surface area contributed by atoms with E-state index >= 15 is 0 Å². The SMILES string of the molecule is COC(=O)C1C[C@@]2(C)C(=CC1=O)C(C(=O)CS)C[C@@H]1[C@H]2CC[C@]2(C)CCC[C@@H]12. The number of hydrogen-bond acceptors (Lipinski definition) is 5. The van der Waals surface area contributed by atoms with Gasteiger partial charge in [0, 0.05) is 11.7 Å². The van der Waals surface area contributed by atoms with E-state index in [2.05, 4.69) is 26.5 Å². The van der Waals surface area contributed by atoms with Gasteiger partial charge in [-0.1, -0.05) is 20.3 Å². The number of methoxy groups -OCH3 is 1. The van der Waals surface area contributed by atoms with E-state index in [9.17, 15) is 14.4 Å². The molecule has 154 valence electrons. The third-order valence-corrected chi connectivity index (χ3v) is 9.19. The van der Waals surface area contributed by atoms with Gasteiger partial charge in [-0.25, -0.2) is 0 Å². The number of allylic oxidation sites excluding steroid dienone is 1. The molecule has 4 rings (SSSR count). The largest absolute Gasteiger partial charge is 0.468 e. The van der Waals surface area contributed by atoms with Gasteiger partial charge in [-0.3, -0.25) is 14.4 Å². The maximum Gasteiger partial charge on any atom is 0.316 e. The van der Waals surface area contributed by atoms with Crippen molar-refractivity contribution in [3.8, 4) is 0 Å². The number of esters is 1. The molecule has 3 fully saturated rings. The van der Waals surface area contributed by atoms with Gasteiger partial charge in [0.25, 0.3) is 0 Å². The van der Waals surface area contributed by atoms with Gasteiger partial charge in [0.1, 0.15) is 11.7 Å². The molecule has 0 aromatic rings. The molecule has 5 heteroatoms. The lowest BCUT2D eigenvalue weighted by Gasteiger charge is -2.59. The van der Waals surface area contributed by atoms with E-state index in [1.807, 2.05) is 0 Å². The van der Waals surface area contributed by atoms with E-state index < -0.39 is 11.9 Å². The van der Waals surface area contributed by atoms with Crippen molar-refractivity contribution in [2.45, 2.75) is 58.8 Å². The van der Waals surface area contributed by atoms with Crippen LogP contribution < -0.4 is 0 Å². The number of hydrogen-bond donors (Lipinski definition) is 1. The van der Waals surface area contributed by atoms with Crippen LogP contribution in [0.5, 0.6) is 0 Å². The first kappa shape index (κ1) is 20.2. The Balaban J connectivity index is 1.79. The number of rotatable bonds is 3. The molecule has 0 aromatic carbocycles. The molecule has 0 heterocycles. The molecule has 4 nitrogen and oxygen atoms in total. The Morgan fingerprint density at radius 3 is 2.61 bits per heavy atom. The van der Waals surface area contributed by atoms with Crippen LogP contribution in [0.3, 0.4) is 0 Å². The minimum Gasteiger partial charge on any atom is -0.468 e. The molecule has 0 bridgehead atoms. The second-order valence-corrected chi connectivity index (χ2v) is 10.4. The first-order valence-corrected chi connectivity index (χ1v) is 11.4. The normalized spacial score (nSPS) is 44.8. The summed E-state index contributed by atoms with van der Waals surface area (Å²) in [4.78, 5) is 37.9. The standard InChI is InChI=1S/C23H32O4S/c1-22-7-4-5-16(22)13-9-14(20(25)12-28)18-10-19(24)15(21(26)27-3)11-23(18,2)17(13)6-8-22/h10,13-17,28H,4-9,11-12H2,1-3H3/t13-,14?,15?,16-,17+,22-,23+/m0/s1. The zero-order chi connectivity index (χ0) is 20.3. The van der Waals surface area contributed by atoms with Crippen molar-refractivity contribution in [3.63, 3.8) is 0 Å². The van der Waals surface area contributed by atoms with Gasteiger partial charge < -0.3 is 4.74 Å². The monoisotopic (exact) mass is 404 g/mol. The molecule has 0 aliphatic heterocycles. The average Bonchev–Trinajstić information content (AvgIpc) is 3.08. The first-order chi connectivity index (χ1) is 13.2. The highest BCUT2D eigenvalue weighted by atomic mass is 32.1. The Hall–Kier alpha value is -1.10. The van der Waals surface area contributed by atoms with E-state index in [4.69, 9.17) is 4.74 Å². The van der Waals surface area contributed by atoms with Gasteiger partial charge in [-0.2, -0.15) is 12.6 Å². The number of ether oxygens (including phenoxy) is 1. The van der Waals surface area contributed by atoms with Crippen molar-refractivity contribution in [1.82, 2.24) is 0 Å². The number of carbonyl (C=O) groups is 3. The van der Waals surface area contributed by atoms with Crippen LogP contribution in [-0.2, 0) is 19.1 Å². The van der Waals surface area contributed by atoms with Crippen molar-refractivity contribution in [2.24, 2.45) is 40.4 Å². The zero-order valence-electron chi connectivity index (χ0n) is 17.2. The highest BCUT2D eigenvalue weighted by Crippen LogP contribution is 2.66. The topological polar surface area (TPSA) is 60.4 Å². The Kier molecular flexibility index (Phi) is 5.05. The van der Waals surface area contributed by atoms with Crippen molar-refractivity contribution < 1.29 is 19.1 Å². The van der Waals surface area contributed by atoms with Crippen molar-refractivity contribution in [1.29, 1.82) is 0 Å². The number of carbonyl (C=O) groups excluding carboxylic acids is 3. The van der Waals surface area contributed by atoms with Crippen LogP contribution >= 0.6 is 12.6 Å². The minimum atomic E-state index is -0.735. The van der Waals surface area contributed by atoms with E-state index in [1.165, 1.54) is 32.8 Å². The second-order valence-electron chi connectivity index (χ2n) is 10.1. The Bertz CT molecular complexity index is 743. The quantitative estimate of drug-likeness (QED) is 0.438. The van der Waals surface area contributed by atoms with Crippen molar-refractivity contribution in [3.05, 3.63) is 11.6 Å². The minimum absolute atomic E-state index is 0.119. The summed E-state index contributed by atoms with van der Waals surface area (Å²) in [6.45, 7) is 4.64. The lowest BCUT2D eigenvalue weighted by Crippen LogP contribution is -2.54. The fourth-order valence-electron chi connectivity index (χ4n) is 7.48. The highest BCUT2D eigenvalue weighted by Gasteiger charge is 2.60. The van der Waals surface area contributed by atoms with Gasteiger partial charge in [0.2, 0.25) is 0 Å². The average molecular weight is 405 g/mol. The number of ketones is 2. The van der Waals surface area contributed by atoms with Crippen LogP contribution in [0.15, 0.2) is 11.6 Å². The van der Waals surface area contributed by atoms with E-state index in [0.717, 1.165) is 18.4 Å². The summed E-state index contributed by atoms with van der Waals surface area (Å²) < 4.78 is 4.93. The van der Waals surface area contributed by atoms with Crippen LogP contribution in [0.4, 0.5) is 0 Å². The smallest absolute Gasteiger partial charge is 0.316 e. The molecule has 2 unspecified atom stereocenters. The molecule has 3 saturated carbocycles. The molecule has 0 aromatic heterocycles. The lowest BCUT2D eigenvalue weighted by molar-refractivity contribution is -0.152. The number of Topliss-reactive ketones (excluding diaryl/α,β-unsaturated/α-hetero) is 1. The molecule has 0 radical (unpaired) electrons. The third kappa shape index (κ3) is 2.83. The van der Waals surface area contributed by atoms with Crippen molar-refractivity contribution >= 4 is 30.2 Å². The Labute approximate surface area is 173 Å². The second kappa shape index (κ2) is 7.00. The maximum absolute atomic E-state index is 12.9. The summed E-state index contributed by atoms with van der Waals surface area (Å²) >= 11 is 4.27. The fraction of sp³-hybridized carbons (Fsp3) is 0.783. The van der Waals surface area contributed by atoms with Crippen LogP contribution in [0, 0.1) is 40.4 Å². The third-order valence-electron chi connectivity index (χ3n) is 8.88. The predicted molar refractivity (Wildman–Crippen MR) is 110 cm³/mol. The van der Waals surface area contributed by atoms with Crippen LogP contribution in [0.1, 0.15) is 58.8 Å². The fourth-order valence-corrected chi connectivity index (χ4v) is 7.70. The molecule has 0 saturated heterocycles. The molecule has 7 atom stereocenters. The zero-order valence-corrected chi connectivity index (χ0v) is 18.1. The molecule has 0 amide bonds. The Morgan fingerprint density at radius 2 is 1.93 bits per heavy atom. The summed E-state index contributed by atoms with van der Waals surface area (Å²) in [5.74, 6) is 0.283. The Morgan fingerprint density at radius 1 is 1.18 bits per heavy atom. The molecular formula is C23H32O4S. The summed E-state index contributed by atoms with van der Waals surface area (Å²) in [7, 11) is 1.35. The molecule has 0 spiro atoms. The predicted octanol–water partition coefficient (Wildman–Crippen LogP) is 4.03. The first-order valence-electron chi connectivity index (χ1n) is 10.7. The number of thiol groups is 1. The van der Waals surface area contributed by atoms with Gasteiger partial charge in [0.15, 0.2) is 5.78 Å². The van der Waals surface area contributed by atoms with E-state index in [-0.39, 0.29) is 28.7 Å². The van der Waals surface area contributed by atoms with E-state index in [1.54, 1.807) is 6.08 Å². The van der Waals surface area contributed by atoms with Gasteiger partial charge in [0.05, 0.1) is 7.11 Å². The molecule has 0 N–H and O–H groups in total. The van der Waals surface area contributed by atoms with Gasteiger partial charge >= 0.3 is 5.97 Å². The van der Waals surface area contributed by atoms with Gasteiger partial charge in [-0.15, -0.1) is 0 Å². The molecular weight excluding hydrogens is 372 g/mol. The van der Waals surface area contributed by atoms with Crippen LogP contribution in [-0.4, -0.2) is 30.4 Å². The van der Waals surface area contributed by atoms with E-state index in [0.29, 0.717) is 29.6 Å².